The van der Waals surface area contributed by atoms with Gasteiger partial charge in [0.05, 0.1) is 11.7 Å². The van der Waals surface area contributed by atoms with Gasteiger partial charge in [-0.2, -0.15) is 0 Å². The molecule has 0 aliphatic rings. The first kappa shape index (κ1) is 22.6. The van der Waals surface area contributed by atoms with Gasteiger partial charge in [0.25, 0.3) is 0 Å². The van der Waals surface area contributed by atoms with E-state index in [1.165, 1.54) is 6.92 Å². The number of hydrogen-bond acceptors (Lipinski definition) is 5. The summed E-state index contributed by atoms with van der Waals surface area (Å²) in [5.74, 6) is 0.166. The van der Waals surface area contributed by atoms with Crippen LogP contribution < -0.4 is 10.6 Å². The van der Waals surface area contributed by atoms with E-state index < -0.39 is 0 Å². The van der Waals surface area contributed by atoms with Crippen LogP contribution in [0.15, 0.2) is 48.3 Å². The van der Waals surface area contributed by atoms with Crippen LogP contribution in [-0.4, -0.2) is 29.0 Å². The van der Waals surface area contributed by atoms with Crippen LogP contribution >= 0.6 is 0 Å². The minimum Gasteiger partial charge on any atom is -0.506 e. The molecule has 5 heteroatoms. The van der Waals surface area contributed by atoms with Crippen LogP contribution in [0, 0.1) is 0 Å². The van der Waals surface area contributed by atoms with Crippen LogP contribution in [-0.2, 0) is 17.8 Å². The molecule has 0 bridgehead atoms. The number of allylic oxidation sites excluding steroid dienone is 1. The van der Waals surface area contributed by atoms with Crippen LogP contribution in [0.4, 0.5) is 0 Å². The molecule has 148 valence electrons. The molecule has 0 aliphatic heterocycles. The predicted molar refractivity (Wildman–Crippen MR) is 112 cm³/mol. The SMILES string of the molecule is C=C(C(C)=O)/C(=C/NCc1cnc(CCC)c(O)c1)C(/C=C\CCC)NC. The van der Waals surface area contributed by atoms with E-state index in [0.717, 1.165) is 42.5 Å². The Hall–Kier alpha value is -2.40. The van der Waals surface area contributed by atoms with Gasteiger partial charge in [-0.05, 0) is 44.0 Å². The summed E-state index contributed by atoms with van der Waals surface area (Å²) in [5, 5.41) is 16.5. The van der Waals surface area contributed by atoms with E-state index in [1.807, 2.05) is 13.2 Å². The largest absolute Gasteiger partial charge is 0.506 e. The Morgan fingerprint density at radius 2 is 2.11 bits per heavy atom. The Balaban J connectivity index is 2.92. The molecule has 1 heterocycles. The number of aromatic nitrogens is 1. The summed E-state index contributed by atoms with van der Waals surface area (Å²) in [4.78, 5) is 16.2. The smallest absolute Gasteiger partial charge is 0.159 e. The molecule has 0 amide bonds. The summed E-state index contributed by atoms with van der Waals surface area (Å²) in [5.41, 5.74) is 2.87. The third-order valence-electron chi connectivity index (χ3n) is 4.26. The second kappa shape index (κ2) is 12.1. The predicted octanol–water partition coefficient (Wildman–Crippen LogP) is 3.80. The Morgan fingerprint density at radius 3 is 2.67 bits per heavy atom. The molecule has 0 aromatic carbocycles. The fraction of sp³-hybridized carbons (Fsp3) is 0.455. The molecule has 1 aromatic rings. The lowest BCUT2D eigenvalue weighted by Crippen LogP contribution is -2.28. The molecule has 5 nitrogen and oxygen atoms in total. The van der Waals surface area contributed by atoms with Gasteiger partial charge in [-0.25, -0.2) is 0 Å². The van der Waals surface area contributed by atoms with Crippen LogP contribution in [0.1, 0.15) is 51.3 Å². The maximum Gasteiger partial charge on any atom is 0.159 e. The molecule has 1 rings (SSSR count). The van der Waals surface area contributed by atoms with E-state index >= 15 is 0 Å². The number of likely N-dealkylation sites (N-methyl/N-ethyl adjacent to an activating group) is 1. The van der Waals surface area contributed by atoms with Crippen LogP contribution in [0.3, 0.4) is 0 Å². The van der Waals surface area contributed by atoms with Gasteiger partial charge < -0.3 is 15.7 Å². The molecule has 3 N–H and O–H groups in total. The van der Waals surface area contributed by atoms with Gasteiger partial charge in [-0.1, -0.05) is 45.4 Å². The second-order valence-corrected chi connectivity index (χ2v) is 6.56. The van der Waals surface area contributed by atoms with Crippen molar-refractivity contribution in [2.75, 3.05) is 7.05 Å². The Bertz CT molecular complexity index is 693. The normalized spacial score (nSPS) is 13.0. The zero-order valence-corrected chi connectivity index (χ0v) is 17.0. The zero-order valence-electron chi connectivity index (χ0n) is 17.0. The first-order valence-electron chi connectivity index (χ1n) is 9.58. The number of Topliss-reactive ketones (excluding diaryl/α,β-unsaturated/α-hetero) is 1. The number of ketones is 1. The molecule has 0 aliphatic carbocycles. The summed E-state index contributed by atoms with van der Waals surface area (Å²) in [6.45, 7) is 10.1. The molecular formula is C22H33N3O2. The Morgan fingerprint density at radius 1 is 1.37 bits per heavy atom. The molecule has 0 fully saturated rings. The standard InChI is InChI=1S/C22H33N3O2/c1-6-8-9-11-20(23-5)19(16(3)17(4)26)15-24-13-18-12-22(27)21(10-7-2)25-14-18/h9,11-12,14-15,20,23-24,27H,3,6-8,10,13H2,1-2,4-5H3/b11-9-,19-15-. The minimum absolute atomic E-state index is 0.0598. The van der Waals surface area contributed by atoms with Crippen molar-refractivity contribution in [3.8, 4) is 5.75 Å². The summed E-state index contributed by atoms with van der Waals surface area (Å²) in [6, 6.07) is 1.63. The number of nitrogens with zero attached hydrogens (tertiary/aromatic N) is 1. The van der Waals surface area contributed by atoms with Crippen molar-refractivity contribution in [2.45, 2.75) is 59.0 Å². The maximum absolute atomic E-state index is 11.8. The van der Waals surface area contributed by atoms with Gasteiger partial charge in [0.2, 0.25) is 0 Å². The van der Waals surface area contributed by atoms with E-state index in [4.69, 9.17) is 0 Å². The molecular weight excluding hydrogens is 338 g/mol. The van der Waals surface area contributed by atoms with Gasteiger partial charge in [0, 0.05) is 24.5 Å². The highest BCUT2D eigenvalue weighted by Gasteiger charge is 2.15. The van der Waals surface area contributed by atoms with Gasteiger partial charge in [0.1, 0.15) is 5.75 Å². The maximum atomic E-state index is 11.8. The van der Waals surface area contributed by atoms with Crippen molar-refractivity contribution in [3.05, 3.63) is 59.6 Å². The van der Waals surface area contributed by atoms with Crippen molar-refractivity contribution >= 4 is 5.78 Å². The summed E-state index contributed by atoms with van der Waals surface area (Å²) >= 11 is 0. The van der Waals surface area contributed by atoms with Crippen molar-refractivity contribution < 1.29 is 9.90 Å². The fourth-order valence-corrected chi connectivity index (χ4v) is 2.65. The number of unbranched alkanes of at least 4 members (excludes halogenated alkanes) is 1. The average Bonchev–Trinajstić information content (AvgIpc) is 2.65. The van der Waals surface area contributed by atoms with Gasteiger partial charge in [0.15, 0.2) is 5.78 Å². The topological polar surface area (TPSA) is 74.2 Å². The summed E-state index contributed by atoms with van der Waals surface area (Å²) < 4.78 is 0. The van der Waals surface area contributed by atoms with Crippen molar-refractivity contribution in [2.24, 2.45) is 0 Å². The number of aromatic hydroxyl groups is 1. The van der Waals surface area contributed by atoms with Gasteiger partial charge >= 0.3 is 0 Å². The number of pyridine rings is 1. The zero-order chi connectivity index (χ0) is 20.2. The van der Waals surface area contributed by atoms with E-state index in [-0.39, 0.29) is 17.6 Å². The lowest BCUT2D eigenvalue weighted by Gasteiger charge is -2.18. The first-order valence-corrected chi connectivity index (χ1v) is 9.58. The summed E-state index contributed by atoms with van der Waals surface area (Å²) in [7, 11) is 1.86. The van der Waals surface area contributed by atoms with E-state index in [0.29, 0.717) is 12.1 Å². The quantitative estimate of drug-likeness (QED) is 0.296. The van der Waals surface area contributed by atoms with Crippen LogP contribution in [0.5, 0.6) is 5.75 Å². The van der Waals surface area contributed by atoms with Crippen molar-refractivity contribution in [3.63, 3.8) is 0 Å². The monoisotopic (exact) mass is 371 g/mol. The van der Waals surface area contributed by atoms with Gasteiger partial charge in [-0.15, -0.1) is 0 Å². The Kier molecular flexibility index (Phi) is 10.1. The number of aryl methyl sites for hydroxylation is 1. The molecule has 1 atom stereocenters. The molecule has 0 saturated heterocycles. The lowest BCUT2D eigenvalue weighted by molar-refractivity contribution is -0.113. The van der Waals surface area contributed by atoms with Crippen LogP contribution in [0.25, 0.3) is 0 Å². The molecule has 1 aromatic heterocycles. The highest BCUT2D eigenvalue weighted by Crippen LogP contribution is 2.18. The van der Waals surface area contributed by atoms with E-state index in [2.05, 4.69) is 48.2 Å². The summed E-state index contributed by atoms with van der Waals surface area (Å²) in [6.07, 6.45) is 11.5. The van der Waals surface area contributed by atoms with E-state index in [9.17, 15) is 9.90 Å². The first-order chi connectivity index (χ1) is 12.9. The second-order valence-electron chi connectivity index (χ2n) is 6.56. The number of hydrogen-bond donors (Lipinski definition) is 3. The lowest BCUT2D eigenvalue weighted by atomic mass is 9.97. The van der Waals surface area contributed by atoms with Gasteiger partial charge in [-0.3, -0.25) is 9.78 Å². The van der Waals surface area contributed by atoms with Crippen molar-refractivity contribution in [1.29, 1.82) is 0 Å². The number of carbonyl (C=O) groups is 1. The molecule has 27 heavy (non-hydrogen) atoms. The molecule has 0 radical (unpaired) electrons. The third kappa shape index (κ3) is 7.39. The highest BCUT2D eigenvalue weighted by atomic mass is 16.3. The number of nitrogens with one attached hydrogen (secondary N) is 2. The molecule has 0 spiro atoms. The number of rotatable bonds is 12. The number of carbonyl (C=O) groups excluding carboxylic acids is 1. The molecule has 1 unspecified atom stereocenters. The third-order valence-corrected chi connectivity index (χ3v) is 4.26. The Labute approximate surface area is 163 Å². The van der Waals surface area contributed by atoms with E-state index in [1.54, 1.807) is 12.3 Å². The average molecular weight is 372 g/mol. The highest BCUT2D eigenvalue weighted by molar-refractivity contribution is 5.97. The fourth-order valence-electron chi connectivity index (χ4n) is 2.65. The van der Waals surface area contributed by atoms with Crippen LogP contribution in [0.2, 0.25) is 0 Å². The molecule has 0 saturated carbocycles. The van der Waals surface area contributed by atoms with Crippen molar-refractivity contribution in [1.82, 2.24) is 15.6 Å². The minimum atomic E-state index is -0.0982.